The normalized spacial score (nSPS) is 22.5. The summed E-state index contributed by atoms with van der Waals surface area (Å²) in [6, 6.07) is 0. The zero-order valence-electron chi connectivity index (χ0n) is 7.91. The van der Waals surface area contributed by atoms with E-state index < -0.39 is 0 Å². The quantitative estimate of drug-likeness (QED) is 0.447. The molecule has 4 nitrogen and oxygen atoms in total. The Morgan fingerprint density at radius 2 is 1.92 bits per heavy atom. The summed E-state index contributed by atoms with van der Waals surface area (Å²) in [5.41, 5.74) is 0. The number of morpholine rings is 1. The number of ether oxygens (including phenoxy) is 2. The van der Waals surface area contributed by atoms with Gasteiger partial charge in [-0.3, -0.25) is 0 Å². The maximum Gasteiger partial charge on any atom is 0.132 e. The molecule has 72 valence electrons. The molecule has 1 aliphatic rings. The Morgan fingerprint density at radius 3 is 2.50 bits per heavy atom. The molecular formula is C8H18NO3+. The van der Waals surface area contributed by atoms with Gasteiger partial charge in [-0.1, -0.05) is 0 Å². The maximum absolute atomic E-state index is 5.64. The van der Waals surface area contributed by atoms with Gasteiger partial charge >= 0.3 is 0 Å². The van der Waals surface area contributed by atoms with Gasteiger partial charge in [0.2, 0.25) is 0 Å². The van der Waals surface area contributed by atoms with Gasteiger partial charge in [0.15, 0.2) is 0 Å². The smallest absolute Gasteiger partial charge is 0.132 e. The first-order valence-electron chi connectivity index (χ1n) is 4.33. The molecule has 0 atom stereocenters. The van der Waals surface area contributed by atoms with Crippen molar-refractivity contribution in [3.05, 3.63) is 0 Å². The summed E-state index contributed by atoms with van der Waals surface area (Å²) in [5, 5.41) is 0. The molecule has 0 unspecified atom stereocenters. The summed E-state index contributed by atoms with van der Waals surface area (Å²) < 4.78 is 10.8. The standard InChI is InChI=1S/C8H18NO3/c1-9(12-8-7-10-2)3-5-11-6-4-9/h3-8H2,1-2H3/q+1. The molecule has 0 saturated carbocycles. The number of nitrogens with zero attached hydrogens (tertiary/aromatic N) is 1. The van der Waals surface area contributed by atoms with Crippen molar-refractivity contribution in [2.75, 3.05) is 53.7 Å². The van der Waals surface area contributed by atoms with Gasteiger partial charge in [-0.05, 0) is 0 Å². The summed E-state index contributed by atoms with van der Waals surface area (Å²) in [4.78, 5) is 5.64. The zero-order valence-corrected chi connectivity index (χ0v) is 7.91. The average molecular weight is 176 g/mol. The van der Waals surface area contributed by atoms with E-state index in [1.807, 2.05) is 0 Å². The van der Waals surface area contributed by atoms with Crippen molar-refractivity contribution in [1.82, 2.24) is 0 Å². The highest BCUT2D eigenvalue weighted by molar-refractivity contribution is 4.39. The van der Waals surface area contributed by atoms with Crippen LogP contribution in [0.2, 0.25) is 0 Å². The lowest BCUT2D eigenvalue weighted by molar-refractivity contribution is -1.10. The van der Waals surface area contributed by atoms with E-state index in [0.717, 1.165) is 26.3 Å². The Bertz CT molecular complexity index is 123. The van der Waals surface area contributed by atoms with E-state index >= 15 is 0 Å². The molecule has 1 fully saturated rings. The second-order valence-electron chi connectivity index (χ2n) is 3.18. The fourth-order valence-corrected chi connectivity index (χ4v) is 1.20. The number of likely N-dealkylation sites (N-methyl/N-ethyl adjacent to an activating group) is 1. The van der Waals surface area contributed by atoms with Gasteiger partial charge in [0.05, 0.1) is 26.9 Å². The van der Waals surface area contributed by atoms with Crippen LogP contribution in [0.3, 0.4) is 0 Å². The Hall–Kier alpha value is -0.160. The van der Waals surface area contributed by atoms with Crippen LogP contribution in [0.25, 0.3) is 0 Å². The minimum atomic E-state index is 0.656. The van der Waals surface area contributed by atoms with E-state index in [-0.39, 0.29) is 0 Å². The van der Waals surface area contributed by atoms with Crippen molar-refractivity contribution in [3.8, 4) is 0 Å². The first-order valence-corrected chi connectivity index (χ1v) is 4.33. The minimum Gasteiger partial charge on any atom is -0.382 e. The predicted molar refractivity (Wildman–Crippen MR) is 44.6 cm³/mol. The van der Waals surface area contributed by atoms with Crippen LogP contribution in [0.15, 0.2) is 0 Å². The molecule has 12 heavy (non-hydrogen) atoms. The summed E-state index contributed by atoms with van der Waals surface area (Å²) in [6.07, 6.45) is 0. The van der Waals surface area contributed by atoms with Gasteiger partial charge in [0.1, 0.15) is 19.7 Å². The van der Waals surface area contributed by atoms with E-state index in [9.17, 15) is 0 Å². The average Bonchev–Trinajstić information content (AvgIpc) is 2.06. The predicted octanol–water partition coefficient (Wildman–Crippen LogP) is 0.0412. The summed E-state index contributed by atoms with van der Waals surface area (Å²) in [5.74, 6) is 0. The third kappa shape index (κ3) is 3.06. The molecule has 0 radical (unpaired) electrons. The highest BCUT2D eigenvalue weighted by Gasteiger charge is 2.26. The van der Waals surface area contributed by atoms with Crippen molar-refractivity contribution in [1.29, 1.82) is 0 Å². The molecule has 0 bridgehead atoms. The van der Waals surface area contributed by atoms with Crippen LogP contribution in [-0.4, -0.2) is 58.3 Å². The van der Waals surface area contributed by atoms with Crippen molar-refractivity contribution in [2.45, 2.75) is 0 Å². The topological polar surface area (TPSA) is 27.7 Å². The van der Waals surface area contributed by atoms with Gasteiger partial charge in [-0.15, -0.1) is 0 Å². The fraction of sp³-hybridized carbons (Fsp3) is 1.00. The molecule has 0 spiro atoms. The van der Waals surface area contributed by atoms with E-state index in [1.54, 1.807) is 7.11 Å². The molecule has 0 N–H and O–H groups in total. The first-order chi connectivity index (χ1) is 5.77. The highest BCUT2D eigenvalue weighted by atomic mass is 16.7. The number of quaternary nitrogens is 1. The highest BCUT2D eigenvalue weighted by Crippen LogP contribution is 2.07. The Morgan fingerprint density at radius 1 is 1.25 bits per heavy atom. The van der Waals surface area contributed by atoms with Crippen LogP contribution in [0, 0.1) is 0 Å². The molecule has 4 heteroatoms. The largest absolute Gasteiger partial charge is 0.382 e. The lowest BCUT2D eigenvalue weighted by Crippen LogP contribution is -2.52. The van der Waals surface area contributed by atoms with Crippen molar-refractivity contribution in [3.63, 3.8) is 0 Å². The molecule has 0 aromatic rings. The SMILES string of the molecule is COCCO[N+]1(C)CCOCC1. The summed E-state index contributed by atoms with van der Waals surface area (Å²) in [7, 11) is 3.76. The number of hydrogen-bond acceptors (Lipinski definition) is 3. The zero-order chi connectivity index (χ0) is 8.86. The number of methoxy groups -OCH3 is 1. The lowest BCUT2D eigenvalue weighted by atomic mass is 10.4. The molecular weight excluding hydrogens is 158 g/mol. The van der Waals surface area contributed by atoms with E-state index in [0.29, 0.717) is 17.9 Å². The summed E-state index contributed by atoms with van der Waals surface area (Å²) >= 11 is 0. The molecule has 0 aromatic heterocycles. The molecule has 0 aromatic carbocycles. The van der Waals surface area contributed by atoms with Gasteiger partial charge < -0.3 is 9.47 Å². The van der Waals surface area contributed by atoms with Crippen LogP contribution < -0.4 is 0 Å². The number of hydroxylamine groups is 3. The lowest BCUT2D eigenvalue weighted by Gasteiger charge is -2.34. The number of hydrogen-bond donors (Lipinski definition) is 0. The van der Waals surface area contributed by atoms with E-state index in [2.05, 4.69) is 7.05 Å². The van der Waals surface area contributed by atoms with Crippen LogP contribution in [0.5, 0.6) is 0 Å². The minimum absolute atomic E-state index is 0.656. The third-order valence-electron chi connectivity index (χ3n) is 2.11. The van der Waals surface area contributed by atoms with Gasteiger partial charge in [-0.25, -0.2) is 4.84 Å². The third-order valence-corrected chi connectivity index (χ3v) is 2.11. The number of rotatable bonds is 4. The van der Waals surface area contributed by atoms with Crippen molar-refractivity contribution >= 4 is 0 Å². The van der Waals surface area contributed by atoms with Gasteiger partial charge in [-0.2, -0.15) is 4.65 Å². The van der Waals surface area contributed by atoms with Crippen molar-refractivity contribution < 1.29 is 19.0 Å². The van der Waals surface area contributed by atoms with E-state index in [1.165, 1.54) is 0 Å². The van der Waals surface area contributed by atoms with Crippen LogP contribution in [0.1, 0.15) is 0 Å². The molecule has 0 amide bonds. The molecule has 1 rings (SSSR count). The second kappa shape index (κ2) is 4.77. The molecule has 1 saturated heterocycles. The second-order valence-corrected chi connectivity index (χ2v) is 3.18. The van der Waals surface area contributed by atoms with Gasteiger partial charge in [0, 0.05) is 7.11 Å². The maximum atomic E-state index is 5.64. The van der Waals surface area contributed by atoms with E-state index in [4.69, 9.17) is 14.3 Å². The molecule has 1 aliphatic heterocycles. The monoisotopic (exact) mass is 176 g/mol. The van der Waals surface area contributed by atoms with Crippen LogP contribution in [-0.2, 0) is 14.3 Å². The van der Waals surface area contributed by atoms with Crippen LogP contribution in [0.4, 0.5) is 0 Å². The Labute approximate surface area is 73.6 Å². The molecule has 1 heterocycles. The van der Waals surface area contributed by atoms with Crippen molar-refractivity contribution in [2.24, 2.45) is 0 Å². The molecule has 0 aliphatic carbocycles. The first kappa shape index (κ1) is 9.92. The van der Waals surface area contributed by atoms with Gasteiger partial charge in [0.25, 0.3) is 0 Å². The fourth-order valence-electron chi connectivity index (χ4n) is 1.20. The Balaban J connectivity index is 2.17. The van der Waals surface area contributed by atoms with Crippen LogP contribution >= 0.6 is 0 Å². The summed E-state index contributed by atoms with van der Waals surface area (Å²) in [6.45, 7) is 4.78. The Kier molecular flexibility index (Phi) is 3.94.